The molecule has 2 heterocycles. The summed E-state index contributed by atoms with van der Waals surface area (Å²) in [6, 6.07) is 6.62. The molecular weight excluding hydrogens is 369 g/mol. The maximum atomic E-state index is 13.1. The molecule has 136 valence electrons. The van der Waals surface area contributed by atoms with Crippen LogP contribution in [-0.2, 0) is 12.4 Å². The Balaban J connectivity index is 2.13. The second-order valence-electron chi connectivity index (χ2n) is 5.13. The second kappa shape index (κ2) is 6.11. The van der Waals surface area contributed by atoms with E-state index in [9.17, 15) is 30.7 Å². The van der Waals surface area contributed by atoms with Crippen LogP contribution >= 0.6 is 0 Å². The van der Waals surface area contributed by atoms with Crippen LogP contribution in [-0.4, -0.2) is 9.97 Å². The Morgan fingerprint density at radius 3 is 2.15 bits per heavy atom. The van der Waals surface area contributed by atoms with Crippen LogP contribution in [0.3, 0.4) is 0 Å². The molecule has 0 bridgehead atoms. The highest BCUT2D eigenvalue weighted by Crippen LogP contribution is 2.38. The van der Waals surface area contributed by atoms with Crippen molar-refractivity contribution in [2.75, 3.05) is 0 Å². The molecule has 0 N–H and O–H groups in total. The Morgan fingerprint density at radius 1 is 0.808 bits per heavy atom. The molecule has 1 aromatic carbocycles. The van der Waals surface area contributed by atoms with Crippen LogP contribution in [0, 0.1) is 5.82 Å². The molecule has 0 amide bonds. The minimum atomic E-state index is -5.09. The Labute approximate surface area is 141 Å². The highest BCUT2D eigenvalue weighted by Gasteiger charge is 2.39. The number of fused-ring (bicyclic) bond motifs is 1. The smallest absolute Gasteiger partial charge is 0.433 e. The number of benzene rings is 1. The fourth-order valence-corrected chi connectivity index (χ4v) is 2.18. The first-order valence-corrected chi connectivity index (χ1v) is 6.93. The lowest BCUT2D eigenvalue weighted by molar-refractivity contribution is -0.144. The maximum Gasteiger partial charge on any atom is 0.433 e. The molecule has 26 heavy (non-hydrogen) atoms. The zero-order chi connectivity index (χ0) is 19.1. The SMILES string of the molecule is Fc1cccc(Oc2ccc3c(C(F)(F)F)cc(C(F)(F)F)nc3n2)c1. The molecule has 3 rings (SSSR count). The number of hydrogen-bond acceptors (Lipinski definition) is 3. The number of rotatable bonds is 2. The number of pyridine rings is 2. The second-order valence-corrected chi connectivity index (χ2v) is 5.13. The van der Waals surface area contributed by atoms with E-state index >= 15 is 0 Å². The van der Waals surface area contributed by atoms with E-state index in [4.69, 9.17) is 4.74 Å². The number of halogens is 7. The summed E-state index contributed by atoms with van der Waals surface area (Å²) in [7, 11) is 0. The van der Waals surface area contributed by atoms with Crippen LogP contribution in [0.4, 0.5) is 30.7 Å². The maximum absolute atomic E-state index is 13.1. The van der Waals surface area contributed by atoms with Gasteiger partial charge in [-0.3, -0.25) is 0 Å². The number of hydrogen-bond donors (Lipinski definition) is 0. The summed E-state index contributed by atoms with van der Waals surface area (Å²) in [5, 5.41) is -0.614. The first kappa shape index (κ1) is 17.9. The molecular formula is C16H7F7N2O. The fourth-order valence-electron chi connectivity index (χ4n) is 2.18. The van der Waals surface area contributed by atoms with Crippen LogP contribution in [0.1, 0.15) is 11.3 Å². The number of nitrogens with zero attached hydrogens (tertiary/aromatic N) is 2. The van der Waals surface area contributed by atoms with Crippen molar-refractivity contribution in [2.45, 2.75) is 12.4 Å². The summed E-state index contributed by atoms with van der Waals surface area (Å²) >= 11 is 0. The van der Waals surface area contributed by atoms with Gasteiger partial charge in [0.2, 0.25) is 5.88 Å². The van der Waals surface area contributed by atoms with Gasteiger partial charge in [0.15, 0.2) is 5.65 Å². The summed E-state index contributed by atoms with van der Waals surface area (Å²) in [6.45, 7) is 0. The van der Waals surface area contributed by atoms with E-state index in [2.05, 4.69) is 9.97 Å². The standard InChI is InChI=1S/C16H7F7N2O/c17-8-2-1-3-9(6-8)26-13-5-4-10-11(15(18,19)20)7-12(16(21,22)23)24-14(10)25-13/h1-7H. The molecule has 2 aromatic heterocycles. The van der Waals surface area contributed by atoms with E-state index in [0.717, 1.165) is 24.3 Å². The first-order valence-electron chi connectivity index (χ1n) is 6.93. The van der Waals surface area contributed by atoms with Crippen LogP contribution in [0.15, 0.2) is 42.5 Å². The number of alkyl halides is 6. The van der Waals surface area contributed by atoms with Crippen LogP contribution in [0.5, 0.6) is 11.6 Å². The van der Waals surface area contributed by atoms with Gasteiger partial charge in [0.05, 0.1) is 5.56 Å². The summed E-state index contributed by atoms with van der Waals surface area (Å²) in [6.07, 6.45) is -10.1. The van der Waals surface area contributed by atoms with E-state index in [1.54, 1.807) is 0 Å². The Hall–Kier alpha value is -2.91. The molecule has 0 aliphatic carbocycles. The normalized spacial score (nSPS) is 12.4. The largest absolute Gasteiger partial charge is 0.439 e. The van der Waals surface area contributed by atoms with E-state index in [1.807, 2.05) is 0 Å². The third kappa shape index (κ3) is 3.68. The van der Waals surface area contributed by atoms with Gasteiger partial charge in [-0.25, -0.2) is 9.37 Å². The minimum Gasteiger partial charge on any atom is -0.439 e. The molecule has 0 saturated heterocycles. The Bertz CT molecular complexity index is 967. The lowest BCUT2D eigenvalue weighted by Crippen LogP contribution is -2.14. The zero-order valence-corrected chi connectivity index (χ0v) is 12.5. The molecule has 0 radical (unpaired) electrons. The monoisotopic (exact) mass is 376 g/mol. The van der Waals surface area contributed by atoms with Gasteiger partial charge in [0, 0.05) is 17.5 Å². The average molecular weight is 376 g/mol. The molecule has 0 aliphatic rings. The molecule has 0 atom stereocenters. The molecule has 0 spiro atoms. The van der Waals surface area contributed by atoms with E-state index in [1.165, 1.54) is 12.1 Å². The van der Waals surface area contributed by atoms with Gasteiger partial charge in [-0.2, -0.15) is 31.3 Å². The molecule has 0 fully saturated rings. The zero-order valence-electron chi connectivity index (χ0n) is 12.5. The van der Waals surface area contributed by atoms with Crippen molar-refractivity contribution in [3.05, 3.63) is 59.5 Å². The van der Waals surface area contributed by atoms with E-state index in [-0.39, 0.29) is 17.7 Å². The molecule has 10 heteroatoms. The van der Waals surface area contributed by atoms with Crippen molar-refractivity contribution < 1.29 is 35.5 Å². The van der Waals surface area contributed by atoms with Crippen molar-refractivity contribution in [3.8, 4) is 11.6 Å². The van der Waals surface area contributed by atoms with Gasteiger partial charge in [-0.15, -0.1) is 0 Å². The fraction of sp³-hybridized carbons (Fsp3) is 0.125. The Morgan fingerprint density at radius 2 is 1.54 bits per heavy atom. The molecule has 3 nitrogen and oxygen atoms in total. The molecule has 0 unspecified atom stereocenters. The lowest BCUT2D eigenvalue weighted by atomic mass is 10.1. The topological polar surface area (TPSA) is 35.0 Å². The molecule has 0 saturated carbocycles. The predicted molar refractivity (Wildman–Crippen MR) is 76.0 cm³/mol. The third-order valence-corrected chi connectivity index (χ3v) is 3.26. The summed E-state index contributed by atoms with van der Waals surface area (Å²) in [5.74, 6) is -0.997. The average Bonchev–Trinajstić information content (AvgIpc) is 2.52. The molecule has 3 aromatic rings. The van der Waals surface area contributed by atoms with Crippen LogP contribution < -0.4 is 4.74 Å². The van der Waals surface area contributed by atoms with Gasteiger partial charge in [-0.05, 0) is 24.3 Å². The van der Waals surface area contributed by atoms with Crippen LogP contribution in [0.25, 0.3) is 11.0 Å². The van der Waals surface area contributed by atoms with Crippen molar-refractivity contribution in [3.63, 3.8) is 0 Å². The third-order valence-electron chi connectivity index (χ3n) is 3.26. The number of ether oxygens (including phenoxy) is 1. The van der Waals surface area contributed by atoms with E-state index < -0.39 is 40.5 Å². The number of aromatic nitrogens is 2. The van der Waals surface area contributed by atoms with Gasteiger partial charge in [0.25, 0.3) is 0 Å². The predicted octanol–water partition coefficient (Wildman–Crippen LogP) is 5.60. The van der Waals surface area contributed by atoms with Gasteiger partial charge in [0.1, 0.15) is 17.3 Å². The summed E-state index contributed by atoms with van der Waals surface area (Å²) in [5.41, 5.74) is -4.03. The summed E-state index contributed by atoms with van der Waals surface area (Å²) < 4.78 is 96.1. The van der Waals surface area contributed by atoms with E-state index in [0.29, 0.717) is 0 Å². The highest BCUT2D eigenvalue weighted by atomic mass is 19.4. The van der Waals surface area contributed by atoms with Gasteiger partial charge < -0.3 is 4.74 Å². The highest BCUT2D eigenvalue weighted by molar-refractivity contribution is 5.80. The summed E-state index contributed by atoms with van der Waals surface area (Å²) in [4.78, 5) is 6.74. The van der Waals surface area contributed by atoms with Crippen molar-refractivity contribution in [1.29, 1.82) is 0 Å². The molecule has 0 aliphatic heterocycles. The van der Waals surface area contributed by atoms with Crippen molar-refractivity contribution >= 4 is 11.0 Å². The van der Waals surface area contributed by atoms with Crippen molar-refractivity contribution in [2.24, 2.45) is 0 Å². The van der Waals surface area contributed by atoms with Gasteiger partial charge in [-0.1, -0.05) is 6.07 Å². The first-order chi connectivity index (χ1) is 12.0. The quantitative estimate of drug-likeness (QED) is 0.546. The van der Waals surface area contributed by atoms with Crippen LogP contribution in [0.2, 0.25) is 0 Å². The lowest BCUT2D eigenvalue weighted by Gasteiger charge is -2.14. The Kier molecular flexibility index (Phi) is 4.21. The minimum absolute atomic E-state index is 0.0279. The van der Waals surface area contributed by atoms with Crippen molar-refractivity contribution in [1.82, 2.24) is 9.97 Å². The van der Waals surface area contributed by atoms with Gasteiger partial charge >= 0.3 is 12.4 Å².